The zero-order valence-corrected chi connectivity index (χ0v) is 10.1. The van der Waals surface area contributed by atoms with Gasteiger partial charge in [-0.1, -0.05) is 12.1 Å². The molecule has 0 bridgehead atoms. The number of hydrogen-bond acceptors (Lipinski definition) is 4. The Labute approximate surface area is 108 Å². The lowest BCUT2D eigenvalue weighted by Gasteiger charge is -1.96. The van der Waals surface area contributed by atoms with Gasteiger partial charge in [0, 0.05) is 16.5 Å². The number of nitrogens with zero attached hydrogens (tertiary/aromatic N) is 2. The van der Waals surface area contributed by atoms with Crippen molar-refractivity contribution >= 4 is 11.3 Å². The van der Waals surface area contributed by atoms with Gasteiger partial charge in [-0.25, -0.2) is 4.98 Å². The highest BCUT2D eigenvalue weighted by atomic mass is 32.1. The molecule has 0 spiro atoms. The molecule has 0 unspecified atom stereocenters. The second kappa shape index (κ2) is 4.47. The van der Waals surface area contributed by atoms with E-state index < -0.39 is 0 Å². The van der Waals surface area contributed by atoms with Gasteiger partial charge in [-0.15, -0.1) is 11.3 Å². The fraction of sp³-hybridized carbons (Fsp3) is 0. The molecule has 3 aromatic rings. The predicted molar refractivity (Wildman–Crippen MR) is 70.0 cm³/mol. The Morgan fingerprint density at radius 2 is 2.17 bits per heavy atom. The van der Waals surface area contributed by atoms with Crippen LogP contribution in [0.15, 0.2) is 52.7 Å². The molecule has 0 aliphatic carbocycles. The Bertz CT molecular complexity index is 707. The molecule has 0 N–H and O–H groups in total. The molecule has 0 atom stereocenters. The summed E-state index contributed by atoms with van der Waals surface area (Å²) >= 11 is 1.56. The summed E-state index contributed by atoms with van der Waals surface area (Å²) in [7, 11) is 0. The van der Waals surface area contributed by atoms with Crippen molar-refractivity contribution in [1.82, 2.24) is 4.98 Å². The number of furan rings is 1. The van der Waals surface area contributed by atoms with Gasteiger partial charge in [0.05, 0.1) is 23.6 Å². The first kappa shape index (κ1) is 10.8. The summed E-state index contributed by atoms with van der Waals surface area (Å²) in [4.78, 5) is 4.55. The maximum atomic E-state index is 8.88. The number of rotatable bonds is 2. The summed E-state index contributed by atoms with van der Waals surface area (Å²) in [5.74, 6) is 0. The Morgan fingerprint density at radius 3 is 2.94 bits per heavy atom. The Balaban J connectivity index is 2.01. The summed E-state index contributed by atoms with van der Waals surface area (Å²) in [6.45, 7) is 0. The molecule has 86 valence electrons. The van der Waals surface area contributed by atoms with Gasteiger partial charge in [-0.2, -0.15) is 5.26 Å². The molecule has 2 aromatic heterocycles. The van der Waals surface area contributed by atoms with Crippen molar-refractivity contribution in [2.45, 2.75) is 0 Å². The fourth-order valence-corrected chi connectivity index (χ4v) is 2.49. The van der Waals surface area contributed by atoms with Crippen molar-refractivity contribution in [2.24, 2.45) is 0 Å². The summed E-state index contributed by atoms with van der Waals surface area (Å²) in [5, 5.41) is 11.8. The second-order valence-electron chi connectivity index (χ2n) is 3.74. The molecule has 0 radical (unpaired) electrons. The van der Waals surface area contributed by atoms with Crippen LogP contribution >= 0.6 is 11.3 Å². The molecule has 2 heterocycles. The SMILES string of the molecule is N#Cc1cccc(-c2csc(-c3ccoc3)n2)c1. The van der Waals surface area contributed by atoms with Crippen molar-refractivity contribution in [1.29, 1.82) is 5.26 Å². The lowest BCUT2D eigenvalue weighted by Crippen LogP contribution is -1.80. The maximum Gasteiger partial charge on any atom is 0.127 e. The summed E-state index contributed by atoms with van der Waals surface area (Å²) in [6, 6.07) is 11.5. The van der Waals surface area contributed by atoms with Gasteiger partial charge < -0.3 is 4.42 Å². The molecule has 4 heteroatoms. The zero-order valence-electron chi connectivity index (χ0n) is 9.33. The first-order chi connectivity index (χ1) is 8.86. The predicted octanol–water partition coefficient (Wildman–Crippen LogP) is 3.94. The van der Waals surface area contributed by atoms with Crippen molar-refractivity contribution < 1.29 is 4.42 Å². The molecule has 3 nitrogen and oxygen atoms in total. The standard InChI is InChI=1S/C14H8N2OS/c15-7-10-2-1-3-11(6-10)13-9-18-14(16-13)12-4-5-17-8-12/h1-6,8-9H. The van der Waals surface area contributed by atoms with Crippen molar-refractivity contribution in [2.75, 3.05) is 0 Å². The van der Waals surface area contributed by atoms with Crippen LogP contribution < -0.4 is 0 Å². The third-order valence-electron chi connectivity index (χ3n) is 2.56. The lowest BCUT2D eigenvalue weighted by atomic mass is 10.1. The normalized spacial score (nSPS) is 10.2. The molecule has 0 aliphatic rings. The van der Waals surface area contributed by atoms with E-state index in [0.29, 0.717) is 5.56 Å². The monoisotopic (exact) mass is 252 g/mol. The highest BCUT2D eigenvalue weighted by Gasteiger charge is 2.07. The van der Waals surface area contributed by atoms with Gasteiger partial charge in [0.1, 0.15) is 11.3 Å². The van der Waals surface area contributed by atoms with E-state index in [1.165, 1.54) is 0 Å². The number of hydrogen-bond donors (Lipinski definition) is 0. The zero-order chi connectivity index (χ0) is 12.4. The van der Waals surface area contributed by atoms with Gasteiger partial charge in [-0.05, 0) is 18.2 Å². The van der Waals surface area contributed by atoms with Crippen molar-refractivity contribution in [3.05, 3.63) is 53.8 Å². The molecular formula is C14H8N2OS. The van der Waals surface area contributed by atoms with Gasteiger partial charge in [-0.3, -0.25) is 0 Å². The van der Waals surface area contributed by atoms with Crippen LogP contribution in [0.25, 0.3) is 21.8 Å². The van der Waals surface area contributed by atoms with Crippen LogP contribution in [0, 0.1) is 11.3 Å². The Morgan fingerprint density at radius 1 is 1.22 bits per heavy atom. The van der Waals surface area contributed by atoms with E-state index in [-0.39, 0.29) is 0 Å². The molecule has 0 aliphatic heterocycles. The van der Waals surface area contributed by atoms with E-state index in [0.717, 1.165) is 21.8 Å². The first-order valence-electron chi connectivity index (χ1n) is 5.35. The van der Waals surface area contributed by atoms with Crippen LogP contribution in [0.3, 0.4) is 0 Å². The van der Waals surface area contributed by atoms with E-state index in [9.17, 15) is 0 Å². The van der Waals surface area contributed by atoms with Crippen LogP contribution in [-0.2, 0) is 0 Å². The smallest absolute Gasteiger partial charge is 0.127 e. The molecule has 1 aromatic carbocycles. The van der Waals surface area contributed by atoms with E-state index in [1.807, 2.05) is 29.6 Å². The average molecular weight is 252 g/mol. The average Bonchev–Trinajstić information content (AvgIpc) is 3.09. The first-order valence-corrected chi connectivity index (χ1v) is 6.23. The number of thiazole rings is 1. The third kappa shape index (κ3) is 1.92. The van der Waals surface area contributed by atoms with E-state index >= 15 is 0 Å². The summed E-state index contributed by atoms with van der Waals surface area (Å²) in [6.07, 6.45) is 3.31. The molecular weight excluding hydrogens is 244 g/mol. The Hall–Kier alpha value is -2.38. The van der Waals surface area contributed by atoms with Crippen LogP contribution in [0.2, 0.25) is 0 Å². The number of nitriles is 1. The summed E-state index contributed by atoms with van der Waals surface area (Å²) < 4.78 is 5.04. The van der Waals surface area contributed by atoms with Crippen LogP contribution in [0.1, 0.15) is 5.56 Å². The minimum absolute atomic E-state index is 0.644. The van der Waals surface area contributed by atoms with Crippen LogP contribution in [0.5, 0.6) is 0 Å². The van der Waals surface area contributed by atoms with E-state index in [1.54, 1.807) is 29.9 Å². The topological polar surface area (TPSA) is 49.8 Å². The highest BCUT2D eigenvalue weighted by molar-refractivity contribution is 7.13. The van der Waals surface area contributed by atoms with Crippen LogP contribution in [-0.4, -0.2) is 4.98 Å². The quantitative estimate of drug-likeness (QED) is 0.694. The molecule has 0 fully saturated rings. The molecule has 0 saturated carbocycles. The van der Waals surface area contributed by atoms with Gasteiger partial charge in [0.15, 0.2) is 0 Å². The van der Waals surface area contributed by atoms with Crippen molar-refractivity contribution in [3.63, 3.8) is 0 Å². The van der Waals surface area contributed by atoms with E-state index in [2.05, 4.69) is 11.1 Å². The third-order valence-corrected chi connectivity index (χ3v) is 3.45. The van der Waals surface area contributed by atoms with Gasteiger partial charge in [0.2, 0.25) is 0 Å². The highest BCUT2D eigenvalue weighted by Crippen LogP contribution is 2.29. The molecule has 18 heavy (non-hydrogen) atoms. The number of benzene rings is 1. The number of aromatic nitrogens is 1. The minimum Gasteiger partial charge on any atom is -0.472 e. The largest absolute Gasteiger partial charge is 0.472 e. The molecule has 0 saturated heterocycles. The van der Waals surface area contributed by atoms with Gasteiger partial charge in [0.25, 0.3) is 0 Å². The summed E-state index contributed by atoms with van der Waals surface area (Å²) in [5.41, 5.74) is 3.46. The lowest BCUT2D eigenvalue weighted by molar-refractivity contribution is 0.568. The minimum atomic E-state index is 0.644. The van der Waals surface area contributed by atoms with Crippen LogP contribution in [0.4, 0.5) is 0 Å². The molecule has 3 rings (SSSR count). The Kier molecular flexibility index (Phi) is 2.67. The van der Waals surface area contributed by atoms with Crippen molar-refractivity contribution in [3.8, 4) is 27.9 Å². The second-order valence-corrected chi connectivity index (χ2v) is 4.60. The maximum absolute atomic E-state index is 8.88. The fourth-order valence-electron chi connectivity index (χ4n) is 1.67. The van der Waals surface area contributed by atoms with E-state index in [4.69, 9.17) is 9.68 Å². The molecule has 0 amide bonds. The van der Waals surface area contributed by atoms with Gasteiger partial charge >= 0.3 is 0 Å².